The van der Waals surface area contributed by atoms with Gasteiger partial charge in [-0.1, -0.05) is 23.2 Å². The topological polar surface area (TPSA) is 122 Å². The number of carbonyl (C=O) groups is 1. The number of halogens is 2. The Bertz CT molecular complexity index is 1030. The molecule has 1 N–H and O–H groups in total. The van der Waals surface area contributed by atoms with Crippen LogP contribution in [0, 0.1) is 10.1 Å². The standard InChI is InChI=1S/C16H14Cl2N4O5S/c1-21(28(26,27)14-5-2-12(17)3-6-14)10-16(23)20-19-9-11-8-13(22(24)25)4-7-15(11)18/h2-9H,10H2,1H3,(H,20,23). The number of nitro benzene ring substituents is 1. The van der Waals surface area contributed by atoms with E-state index in [1.807, 2.05) is 0 Å². The molecule has 148 valence electrons. The normalized spacial score (nSPS) is 11.7. The summed E-state index contributed by atoms with van der Waals surface area (Å²) in [6, 6.07) is 9.26. The Morgan fingerprint density at radius 2 is 1.89 bits per heavy atom. The number of nitrogens with one attached hydrogen (secondary N) is 1. The summed E-state index contributed by atoms with van der Waals surface area (Å²) in [5.41, 5.74) is 2.18. The van der Waals surface area contributed by atoms with E-state index in [1.54, 1.807) is 0 Å². The van der Waals surface area contributed by atoms with E-state index >= 15 is 0 Å². The van der Waals surface area contributed by atoms with E-state index in [0.717, 1.165) is 10.5 Å². The largest absolute Gasteiger partial charge is 0.272 e. The minimum Gasteiger partial charge on any atom is -0.272 e. The number of hydrogen-bond acceptors (Lipinski definition) is 6. The van der Waals surface area contributed by atoms with E-state index in [0.29, 0.717) is 5.02 Å². The van der Waals surface area contributed by atoms with Crippen LogP contribution in [-0.2, 0) is 14.8 Å². The summed E-state index contributed by atoms with van der Waals surface area (Å²) < 4.78 is 25.7. The highest BCUT2D eigenvalue weighted by Crippen LogP contribution is 2.20. The average molecular weight is 445 g/mol. The quantitative estimate of drug-likeness (QED) is 0.399. The van der Waals surface area contributed by atoms with Gasteiger partial charge in [-0.05, 0) is 30.3 Å². The number of non-ortho nitro benzene ring substituents is 1. The maximum Gasteiger partial charge on any atom is 0.270 e. The van der Waals surface area contributed by atoms with Crippen molar-refractivity contribution >= 4 is 51.0 Å². The minimum atomic E-state index is -3.88. The lowest BCUT2D eigenvalue weighted by Gasteiger charge is -2.16. The number of hydrazone groups is 1. The first kappa shape index (κ1) is 21.8. The van der Waals surface area contributed by atoms with Gasteiger partial charge in [-0.2, -0.15) is 9.41 Å². The smallest absolute Gasteiger partial charge is 0.270 e. The third kappa shape index (κ3) is 5.49. The fraction of sp³-hybridized carbons (Fsp3) is 0.125. The molecule has 2 aromatic carbocycles. The van der Waals surface area contributed by atoms with Crippen LogP contribution in [0.1, 0.15) is 5.56 Å². The molecule has 0 aromatic heterocycles. The summed E-state index contributed by atoms with van der Waals surface area (Å²) in [6.45, 7) is -0.495. The van der Waals surface area contributed by atoms with E-state index < -0.39 is 27.4 Å². The highest BCUT2D eigenvalue weighted by Gasteiger charge is 2.22. The fourth-order valence-corrected chi connectivity index (χ4v) is 3.45. The number of nitrogens with zero attached hydrogens (tertiary/aromatic N) is 3. The second-order valence-corrected chi connectivity index (χ2v) is 8.36. The number of amides is 1. The molecule has 0 aliphatic rings. The Morgan fingerprint density at radius 1 is 1.25 bits per heavy atom. The lowest BCUT2D eigenvalue weighted by Crippen LogP contribution is -2.36. The zero-order chi connectivity index (χ0) is 20.9. The van der Waals surface area contributed by atoms with E-state index in [9.17, 15) is 23.3 Å². The van der Waals surface area contributed by atoms with Gasteiger partial charge in [0.15, 0.2) is 0 Å². The van der Waals surface area contributed by atoms with Crippen molar-refractivity contribution in [2.24, 2.45) is 5.10 Å². The van der Waals surface area contributed by atoms with Crippen molar-refractivity contribution in [3.63, 3.8) is 0 Å². The molecule has 2 aromatic rings. The lowest BCUT2D eigenvalue weighted by atomic mass is 10.2. The van der Waals surface area contributed by atoms with Gasteiger partial charge in [0.1, 0.15) is 0 Å². The molecule has 0 atom stereocenters. The third-order valence-electron chi connectivity index (χ3n) is 3.47. The van der Waals surface area contributed by atoms with Crippen molar-refractivity contribution in [2.45, 2.75) is 4.90 Å². The van der Waals surface area contributed by atoms with Crippen molar-refractivity contribution in [1.82, 2.24) is 9.73 Å². The molecular weight excluding hydrogens is 431 g/mol. The molecule has 0 aliphatic heterocycles. The van der Waals surface area contributed by atoms with Crippen molar-refractivity contribution < 1.29 is 18.1 Å². The number of rotatable bonds is 7. The van der Waals surface area contributed by atoms with Gasteiger partial charge in [0.25, 0.3) is 11.6 Å². The Hall–Kier alpha value is -2.53. The van der Waals surface area contributed by atoms with Crippen LogP contribution < -0.4 is 5.43 Å². The van der Waals surface area contributed by atoms with Gasteiger partial charge in [0.05, 0.1) is 22.6 Å². The van der Waals surface area contributed by atoms with Crippen molar-refractivity contribution in [3.05, 3.63) is 68.2 Å². The first-order valence-corrected chi connectivity index (χ1v) is 9.78. The number of nitro groups is 1. The maximum absolute atomic E-state index is 12.4. The molecule has 0 heterocycles. The molecule has 0 saturated carbocycles. The van der Waals surface area contributed by atoms with Gasteiger partial charge in [-0.25, -0.2) is 13.8 Å². The van der Waals surface area contributed by atoms with Gasteiger partial charge in [0, 0.05) is 34.8 Å². The molecule has 0 aliphatic carbocycles. The molecule has 1 amide bonds. The first-order chi connectivity index (χ1) is 13.1. The minimum absolute atomic E-state index is 0.0147. The Labute approximate surface area is 170 Å². The second-order valence-electron chi connectivity index (χ2n) is 5.47. The summed E-state index contributed by atoms with van der Waals surface area (Å²) in [6.07, 6.45) is 1.13. The van der Waals surface area contributed by atoms with Crippen LogP contribution >= 0.6 is 23.2 Å². The average Bonchev–Trinajstić information content (AvgIpc) is 2.63. The molecule has 2 rings (SSSR count). The molecule has 0 fully saturated rings. The molecule has 0 radical (unpaired) electrons. The van der Waals surface area contributed by atoms with Crippen molar-refractivity contribution in [2.75, 3.05) is 13.6 Å². The Balaban J connectivity index is 2.02. The molecule has 28 heavy (non-hydrogen) atoms. The number of hydrogen-bond donors (Lipinski definition) is 1. The van der Waals surface area contributed by atoms with Crippen molar-refractivity contribution in [3.8, 4) is 0 Å². The molecule has 0 bridgehead atoms. The lowest BCUT2D eigenvalue weighted by molar-refractivity contribution is -0.384. The van der Waals surface area contributed by atoms with Gasteiger partial charge in [0.2, 0.25) is 10.0 Å². The SMILES string of the molecule is CN(CC(=O)NN=Cc1cc([N+](=O)[O-])ccc1Cl)S(=O)(=O)c1ccc(Cl)cc1. The van der Waals surface area contributed by atoms with Crippen LogP contribution in [0.15, 0.2) is 52.5 Å². The summed E-state index contributed by atoms with van der Waals surface area (Å²) >= 11 is 11.7. The zero-order valence-electron chi connectivity index (χ0n) is 14.4. The van der Waals surface area contributed by atoms with Crippen LogP contribution in [-0.4, -0.2) is 43.4 Å². The fourth-order valence-electron chi connectivity index (χ4n) is 2.03. The highest BCUT2D eigenvalue weighted by molar-refractivity contribution is 7.89. The molecule has 0 spiro atoms. The summed E-state index contributed by atoms with van der Waals surface area (Å²) in [5, 5.41) is 15.0. The Morgan fingerprint density at radius 3 is 2.50 bits per heavy atom. The zero-order valence-corrected chi connectivity index (χ0v) is 16.7. The van der Waals surface area contributed by atoms with Crippen LogP contribution in [0.4, 0.5) is 5.69 Å². The predicted octanol–water partition coefficient (Wildman–Crippen LogP) is 2.67. The Kier molecular flexibility index (Phi) is 7.08. The number of benzene rings is 2. The van der Waals surface area contributed by atoms with Crippen LogP contribution in [0.5, 0.6) is 0 Å². The first-order valence-electron chi connectivity index (χ1n) is 7.59. The molecule has 0 unspecified atom stereocenters. The second kappa shape index (κ2) is 9.11. The predicted molar refractivity (Wildman–Crippen MR) is 105 cm³/mol. The van der Waals surface area contributed by atoms with Gasteiger partial charge < -0.3 is 0 Å². The summed E-state index contributed by atoms with van der Waals surface area (Å²) in [4.78, 5) is 22.1. The van der Waals surface area contributed by atoms with E-state index in [4.69, 9.17) is 23.2 Å². The summed E-state index contributed by atoms with van der Waals surface area (Å²) in [5.74, 6) is -0.710. The van der Waals surface area contributed by atoms with Crippen molar-refractivity contribution in [1.29, 1.82) is 0 Å². The summed E-state index contributed by atoms with van der Waals surface area (Å²) in [7, 11) is -2.64. The van der Waals surface area contributed by atoms with Crippen LogP contribution in [0.25, 0.3) is 0 Å². The monoisotopic (exact) mass is 444 g/mol. The molecule has 0 saturated heterocycles. The number of likely N-dealkylation sites (N-methyl/N-ethyl adjacent to an activating group) is 1. The van der Waals surface area contributed by atoms with E-state index in [2.05, 4.69) is 10.5 Å². The van der Waals surface area contributed by atoms with Crippen LogP contribution in [0.2, 0.25) is 10.0 Å². The van der Waals surface area contributed by atoms with Gasteiger partial charge in [-0.15, -0.1) is 0 Å². The molecule has 9 nitrogen and oxygen atoms in total. The van der Waals surface area contributed by atoms with Gasteiger partial charge in [-0.3, -0.25) is 14.9 Å². The molecular formula is C16H14Cl2N4O5S. The van der Waals surface area contributed by atoms with Crippen LogP contribution in [0.3, 0.4) is 0 Å². The number of carbonyl (C=O) groups excluding carboxylic acids is 1. The molecule has 12 heteroatoms. The third-order valence-corrected chi connectivity index (χ3v) is 5.89. The maximum atomic E-state index is 12.4. The van der Waals surface area contributed by atoms with Gasteiger partial charge >= 0.3 is 0 Å². The van der Waals surface area contributed by atoms with E-state index in [1.165, 1.54) is 49.5 Å². The number of sulfonamides is 1. The highest BCUT2D eigenvalue weighted by atomic mass is 35.5. The van der Waals surface area contributed by atoms with E-state index in [-0.39, 0.29) is 21.2 Å².